The average molecular weight is 243 g/mol. The van der Waals surface area contributed by atoms with Crippen molar-refractivity contribution < 1.29 is 9.05 Å². The van der Waals surface area contributed by atoms with Gasteiger partial charge in [0.05, 0.1) is 6.10 Å². The Balaban J connectivity index is 1.96. The van der Waals surface area contributed by atoms with Crippen molar-refractivity contribution in [3.8, 4) is 0 Å². The van der Waals surface area contributed by atoms with Crippen molar-refractivity contribution >= 4 is 18.4 Å². The van der Waals surface area contributed by atoms with E-state index in [1.54, 1.807) is 7.11 Å². The van der Waals surface area contributed by atoms with Crippen LogP contribution in [-0.2, 0) is 27.3 Å². The number of hydrogen-bond acceptors (Lipinski definition) is 3. The molecule has 3 nitrogen and oxygen atoms in total. The molecule has 1 N–H and O–H groups in total. The molecule has 0 amide bonds. The van der Waals surface area contributed by atoms with Crippen LogP contribution in [0.1, 0.15) is 5.56 Å². The molecule has 0 aromatic heterocycles. The molecule has 82 valence electrons. The molecule has 1 aliphatic rings. The molecule has 1 aliphatic heterocycles. The number of hydrogen-bond donors (Lipinski definition) is 1. The summed E-state index contributed by atoms with van der Waals surface area (Å²) in [6.45, 7) is -1.38. The van der Waals surface area contributed by atoms with E-state index in [1.807, 2.05) is 18.2 Å². The Hall–Kier alpha value is -0.250. The summed E-state index contributed by atoms with van der Waals surface area (Å²) in [4.78, 5) is 0. The first-order valence-electron chi connectivity index (χ1n) is 4.85. The van der Waals surface area contributed by atoms with E-state index in [0.717, 1.165) is 13.0 Å². The molecule has 5 heteroatoms. The van der Waals surface area contributed by atoms with Gasteiger partial charge in [-0.1, -0.05) is 30.3 Å². The molecule has 2 rings (SSSR count). The van der Waals surface area contributed by atoms with Crippen LogP contribution < -0.4 is 5.09 Å². The lowest BCUT2D eigenvalue weighted by Crippen LogP contribution is -2.16. The molecule has 0 bridgehead atoms. The van der Waals surface area contributed by atoms with Crippen LogP contribution in [0, 0.1) is 0 Å². The fourth-order valence-electron chi connectivity index (χ4n) is 1.58. The van der Waals surface area contributed by atoms with E-state index >= 15 is 0 Å². The van der Waals surface area contributed by atoms with E-state index < -0.39 is 6.64 Å². The highest BCUT2D eigenvalue weighted by molar-refractivity contribution is 8.09. The molecule has 1 heterocycles. The zero-order valence-electron chi connectivity index (χ0n) is 8.55. The zero-order valence-corrected chi connectivity index (χ0v) is 10.3. The van der Waals surface area contributed by atoms with Crippen molar-refractivity contribution in [1.29, 1.82) is 0 Å². The minimum atomic E-state index is -2.16. The monoisotopic (exact) mass is 243 g/mol. The van der Waals surface area contributed by atoms with Crippen molar-refractivity contribution in [2.45, 2.75) is 12.5 Å². The largest absolute Gasteiger partial charge is 0.321 e. The summed E-state index contributed by atoms with van der Waals surface area (Å²) in [6.07, 6.45) is 1.02. The van der Waals surface area contributed by atoms with E-state index in [0.29, 0.717) is 0 Å². The van der Waals surface area contributed by atoms with Crippen molar-refractivity contribution in [2.24, 2.45) is 0 Å². The fourth-order valence-corrected chi connectivity index (χ4v) is 3.43. The molecule has 2 atom stereocenters. The first-order valence-corrected chi connectivity index (χ1v) is 7.49. The SMILES string of the molecule is COP1(=S)NCC(Cc2ccccc2)O1. The highest BCUT2D eigenvalue weighted by Gasteiger charge is 2.30. The van der Waals surface area contributed by atoms with Crippen LogP contribution in [0.2, 0.25) is 0 Å². The van der Waals surface area contributed by atoms with Gasteiger partial charge in [0.2, 0.25) is 0 Å². The van der Waals surface area contributed by atoms with Crippen LogP contribution in [0.4, 0.5) is 0 Å². The molecule has 0 radical (unpaired) electrons. The molecule has 1 fully saturated rings. The molecule has 1 saturated heterocycles. The van der Waals surface area contributed by atoms with Crippen LogP contribution in [0.3, 0.4) is 0 Å². The molecule has 2 unspecified atom stereocenters. The highest BCUT2D eigenvalue weighted by Crippen LogP contribution is 2.48. The van der Waals surface area contributed by atoms with E-state index in [-0.39, 0.29) is 6.10 Å². The van der Waals surface area contributed by atoms with E-state index in [1.165, 1.54) is 5.56 Å². The maximum Gasteiger partial charge on any atom is 0.261 e. The lowest BCUT2D eigenvalue weighted by Gasteiger charge is -2.13. The second-order valence-electron chi connectivity index (χ2n) is 3.46. The molecule has 0 aliphatic carbocycles. The Bertz CT molecular complexity index is 371. The second kappa shape index (κ2) is 4.73. The predicted octanol–water partition coefficient (Wildman–Crippen LogP) is 2.09. The Morgan fingerprint density at radius 3 is 2.87 bits per heavy atom. The van der Waals surface area contributed by atoms with Crippen molar-refractivity contribution in [1.82, 2.24) is 5.09 Å². The van der Waals surface area contributed by atoms with Gasteiger partial charge >= 0.3 is 0 Å². The third-order valence-corrected chi connectivity index (χ3v) is 5.07. The lowest BCUT2D eigenvalue weighted by molar-refractivity contribution is 0.229. The fraction of sp³-hybridized carbons (Fsp3) is 0.400. The Morgan fingerprint density at radius 1 is 1.53 bits per heavy atom. The number of rotatable bonds is 3. The number of benzene rings is 1. The van der Waals surface area contributed by atoms with Gasteiger partial charge in [-0.05, 0) is 17.4 Å². The summed E-state index contributed by atoms with van der Waals surface area (Å²) < 4.78 is 10.9. The van der Waals surface area contributed by atoms with E-state index in [4.69, 9.17) is 20.9 Å². The minimum Gasteiger partial charge on any atom is -0.321 e. The summed E-state index contributed by atoms with van der Waals surface area (Å²) in [5.74, 6) is 0. The van der Waals surface area contributed by atoms with Crippen LogP contribution in [0.5, 0.6) is 0 Å². The quantitative estimate of drug-likeness (QED) is 0.823. The first kappa shape index (κ1) is 11.2. The lowest BCUT2D eigenvalue weighted by atomic mass is 10.1. The third kappa shape index (κ3) is 2.86. The van der Waals surface area contributed by atoms with Crippen molar-refractivity contribution in [3.63, 3.8) is 0 Å². The topological polar surface area (TPSA) is 30.5 Å². The average Bonchev–Trinajstić information content (AvgIpc) is 2.63. The van der Waals surface area contributed by atoms with Crippen molar-refractivity contribution in [3.05, 3.63) is 35.9 Å². The first-order chi connectivity index (χ1) is 7.22. The van der Waals surface area contributed by atoms with Gasteiger partial charge in [0.25, 0.3) is 6.64 Å². The summed E-state index contributed by atoms with van der Waals surface area (Å²) in [6, 6.07) is 10.3. The maximum atomic E-state index is 5.69. The van der Waals surface area contributed by atoms with E-state index in [9.17, 15) is 0 Å². The zero-order chi connectivity index (χ0) is 10.7. The Kier molecular flexibility index (Phi) is 3.54. The van der Waals surface area contributed by atoms with Gasteiger partial charge in [0.15, 0.2) is 0 Å². The third-order valence-electron chi connectivity index (χ3n) is 2.35. The van der Waals surface area contributed by atoms with Gasteiger partial charge in [0.1, 0.15) is 0 Å². The van der Waals surface area contributed by atoms with Crippen molar-refractivity contribution in [2.75, 3.05) is 13.7 Å². The van der Waals surface area contributed by atoms with Crippen LogP contribution in [0.15, 0.2) is 30.3 Å². The number of nitrogens with one attached hydrogen (secondary N) is 1. The Morgan fingerprint density at radius 2 is 2.27 bits per heavy atom. The van der Waals surface area contributed by atoms with Gasteiger partial charge in [-0.15, -0.1) is 0 Å². The predicted molar refractivity (Wildman–Crippen MR) is 64.3 cm³/mol. The minimum absolute atomic E-state index is 0.137. The van der Waals surface area contributed by atoms with Gasteiger partial charge < -0.3 is 9.05 Å². The van der Waals surface area contributed by atoms with Gasteiger partial charge in [-0.3, -0.25) is 0 Å². The summed E-state index contributed by atoms with van der Waals surface area (Å²) in [5, 5.41) is 3.13. The highest BCUT2D eigenvalue weighted by atomic mass is 32.5. The maximum absolute atomic E-state index is 5.69. The molecule has 15 heavy (non-hydrogen) atoms. The standard InChI is InChI=1S/C10H14NO2PS/c1-12-14(15)11-8-10(13-14)7-9-5-3-2-4-6-9/h2-6,10H,7-8H2,1H3,(H,11,15). The summed E-state index contributed by atoms with van der Waals surface area (Å²) >= 11 is 5.22. The normalized spacial score (nSPS) is 30.6. The summed E-state index contributed by atoms with van der Waals surface area (Å²) in [7, 11) is 1.60. The second-order valence-corrected chi connectivity index (χ2v) is 6.79. The van der Waals surface area contributed by atoms with Crippen LogP contribution in [0.25, 0.3) is 0 Å². The molecular formula is C10H14NO2PS. The van der Waals surface area contributed by atoms with Crippen LogP contribution >= 0.6 is 6.64 Å². The van der Waals surface area contributed by atoms with Crippen LogP contribution in [-0.4, -0.2) is 19.8 Å². The van der Waals surface area contributed by atoms with Gasteiger partial charge in [-0.2, -0.15) is 0 Å². The molecular weight excluding hydrogens is 229 g/mol. The molecule has 0 spiro atoms. The summed E-state index contributed by atoms with van der Waals surface area (Å²) in [5.41, 5.74) is 1.27. The molecule has 1 aromatic carbocycles. The van der Waals surface area contributed by atoms with E-state index in [2.05, 4.69) is 17.2 Å². The Labute approximate surface area is 95.0 Å². The smallest absolute Gasteiger partial charge is 0.261 e. The molecule has 1 aromatic rings. The molecule has 0 saturated carbocycles. The van der Waals surface area contributed by atoms with Gasteiger partial charge in [-0.25, -0.2) is 5.09 Å². The van der Waals surface area contributed by atoms with Gasteiger partial charge in [0, 0.05) is 20.1 Å².